The van der Waals surface area contributed by atoms with E-state index in [0.29, 0.717) is 6.42 Å². The number of benzene rings is 1. The summed E-state index contributed by atoms with van der Waals surface area (Å²) in [6.45, 7) is 5.68. The Bertz CT molecular complexity index is 369. The van der Waals surface area contributed by atoms with Crippen molar-refractivity contribution in [3.05, 3.63) is 45.6 Å². The van der Waals surface area contributed by atoms with Gasteiger partial charge in [-0.1, -0.05) is 24.3 Å². The Morgan fingerprint density at radius 3 is 2.93 bits per heavy atom. The molecule has 0 aliphatic carbocycles. The predicted octanol–water partition coefficient (Wildman–Crippen LogP) is 4.14. The van der Waals surface area contributed by atoms with E-state index in [1.807, 2.05) is 31.2 Å². The third kappa shape index (κ3) is 3.45. The summed E-state index contributed by atoms with van der Waals surface area (Å²) in [5.41, 5.74) is 2.03. The summed E-state index contributed by atoms with van der Waals surface area (Å²) in [7, 11) is 0. The normalized spacial score (nSPS) is 10.0. The highest BCUT2D eigenvalue weighted by atomic mass is 127. The van der Waals surface area contributed by atoms with Crippen molar-refractivity contribution < 1.29 is 4.79 Å². The fourth-order valence-corrected chi connectivity index (χ4v) is 2.06. The van der Waals surface area contributed by atoms with Gasteiger partial charge in [0, 0.05) is 15.6 Å². The van der Waals surface area contributed by atoms with Crippen LogP contribution in [-0.2, 0) is 0 Å². The van der Waals surface area contributed by atoms with Gasteiger partial charge in [-0.2, -0.15) is 0 Å². The molecular formula is C13H15IO. The Morgan fingerprint density at radius 1 is 1.53 bits per heavy atom. The van der Waals surface area contributed by atoms with Gasteiger partial charge >= 0.3 is 0 Å². The molecule has 0 N–H and O–H groups in total. The van der Waals surface area contributed by atoms with Crippen molar-refractivity contribution in [2.24, 2.45) is 0 Å². The SMILES string of the molecule is C=CCCCC(=O)c1cccc(C)c1I. The maximum atomic E-state index is 11.9. The molecule has 0 spiro atoms. The number of rotatable bonds is 5. The smallest absolute Gasteiger partial charge is 0.163 e. The van der Waals surface area contributed by atoms with Crippen LogP contribution in [0.1, 0.15) is 35.2 Å². The molecule has 0 unspecified atom stereocenters. The lowest BCUT2D eigenvalue weighted by atomic mass is 10.0. The van der Waals surface area contributed by atoms with Gasteiger partial charge in [0.05, 0.1) is 0 Å². The van der Waals surface area contributed by atoms with E-state index < -0.39 is 0 Å². The van der Waals surface area contributed by atoms with E-state index in [1.165, 1.54) is 5.56 Å². The molecule has 0 aliphatic rings. The van der Waals surface area contributed by atoms with Gasteiger partial charge in [-0.05, 0) is 47.9 Å². The second-order valence-electron chi connectivity index (χ2n) is 3.54. The molecule has 80 valence electrons. The highest BCUT2D eigenvalue weighted by molar-refractivity contribution is 14.1. The summed E-state index contributed by atoms with van der Waals surface area (Å²) in [5.74, 6) is 0.241. The maximum Gasteiger partial charge on any atom is 0.163 e. The van der Waals surface area contributed by atoms with E-state index in [1.54, 1.807) is 0 Å². The lowest BCUT2D eigenvalue weighted by Gasteiger charge is -2.05. The number of ketones is 1. The summed E-state index contributed by atoms with van der Waals surface area (Å²) >= 11 is 2.24. The van der Waals surface area contributed by atoms with E-state index in [0.717, 1.165) is 22.0 Å². The van der Waals surface area contributed by atoms with Crippen molar-refractivity contribution in [1.29, 1.82) is 0 Å². The summed E-state index contributed by atoms with van der Waals surface area (Å²) in [4.78, 5) is 11.9. The molecule has 0 atom stereocenters. The molecule has 0 bridgehead atoms. The van der Waals surface area contributed by atoms with Gasteiger partial charge in [-0.25, -0.2) is 0 Å². The van der Waals surface area contributed by atoms with Crippen molar-refractivity contribution in [3.8, 4) is 0 Å². The van der Waals surface area contributed by atoms with Crippen LogP contribution >= 0.6 is 22.6 Å². The molecule has 1 aromatic carbocycles. The van der Waals surface area contributed by atoms with Crippen LogP contribution in [0.25, 0.3) is 0 Å². The lowest BCUT2D eigenvalue weighted by molar-refractivity contribution is 0.0979. The van der Waals surface area contributed by atoms with Crippen LogP contribution in [0.2, 0.25) is 0 Å². The van der Waals surface area contributed by atoms with Crippen molar-refractivity contribution in [1.82, 2.24) is 0 Å². The third-order valence-electron chi connectivity index (χ3n) is 2.30. The van der Waals surface area contributed by atoms with Gasteiger partial charge < -0.3 is 0 Å². The summed E-state index contributed by atoms with van der Waals surface area (Å²) in [6.07, 6.45) is 4.28. The number of hydrogen-bond donors (Lipinski definition) is 0. The summed E-state index contributed by atoms with van der Waals surface area (Å²) in [5, 5.41) is 0. The minimum absolute atomic E-state index is 0.241. The molecule has 0 saturated carbocycles. The number of carbonyl (C=O) groups is 1. The van der Waals surface area contributed by atoms with E-state index >= 15 is 0 Å². The molecule has 2 heteroatoms. The quantitative estimate of drug-likeness (QED) is 0.345. The van der Waals surface area contributed by atoms with Crippen LogP contribution in [0.3, 0.4) is 0 Å². The van der Waals surface area contributed by atoms with Crippen molar-refractivity contribution in [2.75, 3.05) is 0 Å². The Morgan fingerprint density at radius 2 is 2.27 bits per heavy atom. The van der Waals surface area contributed by atoms with Gasteiger partial charge in [-0.15, -0.1) is 6.58 Å². The highest BCUT2D eigenvalue weighted by Gasteiger charge is 2.10. The Hall–Kier alpha value is -0.640. The number of unbranched alkanes of at least 4 members (excludes halogenated alkanes) is 1. The zero-order valence-electron chi connectivity index (χ0n) is 8.92. The fraction of sp³-hybridized carbons (Fsp3) is 0.308. The molecule has 1 rings (SSSR count). The molecule has 0 fully saturated rings. The maximum absolute atomic E-state index is 11.9. The zero-order chi connectivity index (χ0) is 11.3. The first-order valence-corrected chi connectivity index (χ1v) is 6.14. The highest BCUT2D eigenvalue weighted by Crippen LogP contribution is 2.18. The van der Waals surface area contributed by atoms with E-state index in [9.17, 15) is 4.79 Å². The second-order valence-corrected chi connectivity index (χ2v) is 4.62. The van der Waals surface area contributed by atoms with Gasteiger partial charge in [0.15, 0.2) is 5.78 Å². The topological polar surface area (TPSA) is 17.1 Å². The van der Waals surface area contributed by atoms with Crippen LogP contribution in [0.5, 0.6) is 0 Å². The minimum Gasteiger partial charge on any atom is -0.294 e. The molecule has 0 saturated heterocycles. The number of hydrogen-bond acceptors (Lipinski definition) is 1. The Labute approximate surface area is 105 Å². The third-order valence-corrected chi connectivity index (χ3v) is 3.74. The number of allylic oxidation sites excluding steroid dienone is 1. The van der Waals surface area contributed by atoms with Crippen molar-refractivity contribution >= 4 is 28.4 Å². The Balaban J connectivity index is 2.73. The zero-order valence-corrected chi connectivity index (χ0v) is 11.1. The average Bonchev–Trinajstić information content (AvgIpc) is 2.22. The number of halogens is 1. The molecule has 0 aliphatic heterocycles. The molecule has 0 radical (unpaired) electrons. The van der Waals surface area contributed by atoms with Crippen LogP contribution < -0.4 is 0 Å². The van der Waals surface area contributed by atoms with Crippen LogP contribution in [-0.4, -0.2) is 5.78 Å². The molecule has 0 heterocycles. The van der Waals surface area contributed by atoms with Crippen LogP contribution in [0.15, 0.2) is 30.9 Å². The molecule has 1 nitrogen and oxygen atoms in total. The van der Waals surface area contributed by atoms with E-state index in [-0.39, 0.29) is 5.78 Å². The van der Waals surface area contributed by atoms with E-state index in [4.69, 9.17) is 0 Å². The Kier molecular flexibility index (Phi) is 5.02. The monoisotopic (exact) mass is 314 g/mol. The van der Waals surface area contributed by atoms with Crippen molar-refractivity contribution in [2.45, 2.75) is 26.2 Å². The van der Waals surface area contributed by atoms with E-state index in [2.05, 4.69) is 29.2 Å². The molecule has 1 aromatic rings. The van der Waals surface area contributed by atoms with Gasteiger partial charge in [0.2, 0.25) is 0 Å². The van der Waals surface area contributed by atoms with Gasteiger partial charge in [0.25, 0.3) is 0 Å². The largest absolute Gasteiger partial charge is 0.294 e. The van der Waals surface area contributed by atoms with Crippen LogP contribution in [0.4, 0.5) is 0 Å². The fourth-order valence-electron chi connectivity index (χ4n) is 1.40. The number of carbonyl (C=O) groups excluding carboxylic acids is 1. The van der Waals surface area contributed by atoms with Crippen LogP contribution in [0, 0.1) is 10.5 Å². The first-order valence-electron chi connectivity index (χ1n) is 5.06. The molecule has 0 amide bonds. The molecular weight excluding hydrogens is 299 g/mol. The summed E-state index contributed by atoms with van der Waals surface area (Å²) < 4.78 is 1.08. The minimum atomic E-state index is 0.241. The number of Topliss-reactive ketones (excluding diaryl/α,β-unsaturated/α-hetero) is 1. The van der Waals surface area contributed by atoms with Gasteiger partial charge in [-0.3, -0.25) is 4.79 Å². The van der Waals surface area contributed by atoms with Gasteiger partial charge in [0.1, 0.15) is 0 Å². The predicted molar refractivity (Wildman–Crippen MR) is 72.3 cm³/mol. The summed E-state index contributed by atoms with van der Waals surface area (Å²) in [6, 6.07) is 5.88. The number of aryl methyl sites for hydroxylation is 1. The van der Waals surface area contributed by atoms with Crippen molar-refractivity contribution in [3.63, 3.8) is 0 Å². The average molecular weight is 314 g/mol. The first-order chi connectivity index (χ1) is 7.16. The second kappa shape index (κ2) is 6.05. The lowest BCUT2D eigenvalue weighted by Crippen LogP contribution is -2.02. The standard InChI is InChI=1S/C13H15IO/c1-3-4-5-9-12(15)11-8-6-7-10(2)13(11)14/h3,6-8H,1,4-5,9H2,2H3. The molecule has 15 heavy (non-hydrogen) atoms. The first kappa shape index (κ1) is 12.4. The molecule has 0 aromatic heterocycles.